The van der Waals surface area contributed by atoms with E-state index in [-0.39, 0.29) is 0 Å². The van der Waals surface area contributed by atoms with Crippen LogP contribution in [0.3, 0.4) is 0 Å². The third-order valence-electron chi connectivity index (χ3n) is 9.42. The van der Waals surface area contributed by atoms with E-state index in [4.69, 9.17) is 0 Å². The second kappa shape index (κ2) is 9.92. The standard InChI is InChI=1S/C43H25F3/c44-43(45,46)33-9-5-8-32(25-33)35-21-17-29-18-22-38-34(20-16-28-19-23-39(35)42(29)41(28)38)26-12-14-27(15-13-26)40-36-10-3-1-6-30(36)24-31-7-2-4-11-37(31)40/h1-25H. The monoisotopic (exact) mass is 598 g/mol. The molecule has 0 atom stereocenters. The molecule has 218 valence electrons. The zero-order valence-corrected chi connectivity index (χ0v) is 24.6. The molecule has 0 saturated heterocycles. The second-order valence-corrected chi connectivity index (χ2v) is 12.0. The summed E-state index contributed by atoms with van der Waals surface area (Å²) in [6, 6.07) is 50.5. The van der Waals surface area contributed by atoms with E-state index in [9.17, 15) is 13.2 Å². The van der Waals surface area contributed by atoms with Gasteiger partial charge in [-0.1, -0.05) is 133 Å². The molecule has 0 amide bonds. The zero-order chi connectivity index (χ0) is 31.0. The van der Waals surface area contributed by atoms with Crippen LogP contribution in [0.2, 0.25) is 0 Å². The average Bonchev–Trinajstić information content (AvgIpc) is 3.09. The van der Waals surface area contributed by atoms with Crippen LogP contribution in [0.15, 0.2) is 152 Å². The molecule has 9 aromatic carbocycles. The van der Waals surface area contributed by atoms with Crippen LogP contribution < -0.4 is 0 Å². The fraction of sp³-hybridized carbons (Fsp3) is 0.0233. The van der Waals surface area contributed by atoms with Crippen molar-refractivity contribution in [2.75, 3.05) is 0 Å². The fourth-order valence-corrected chi connectivity index (χ4v) is 7.31. The van der Waals surface area contributed by atoms with E-state index in [0.717, 1.165) is 55.1 Å². The van der Waals surface area contributed by atoms with Crippen LogP contribution in [-0.2, 0) is 6.18 Å². The maximum atomic E-state index is 13.6. The molecule has 0 aliphatic carbocycles. The maximum Gasteiger partial charge on any atom is 0.416 e. The molecule has 3 heteroatoms. The summed E-state index contributed by atoms with van der Waals surface area (Å²) in [5.74, 6) is 0. The van der Waals surface area contributed by atoms with Gasteiger partial charge < -0.3 is 0 Å². The molecule has 0 unspecified atom stereocenters. The second-order valence-electron chi connectivity index (χ2n) is 12.0. The van der Waals surface area contributed by atoms with Gasteiger partial charge in [0.1, 0.15) is 0 Å². The van der Waals surface area contributed by atoms with Gasteiger partial charge in [0, 0.05) is 0 Å². The van der Waals surface area contributed by atoms with Gasteiger partial charge in [-0.2, -0.15) is 13.2 Å². The van der Waals surface area contributed by atoms with Crippen molar-refractivity contribution in [3.05, 3.63) is 157 Å². The molecule has 0 bridgehead atoms. The summed E-state index contributed by atoms with van der Waals surface area (Å²) in [6.07, 6.45) is -4.40. The van der Waals surface area contributed by atoms with E-state index in [1.165, 1.54) is 44.8 Å². The van der Waals surface area contributed by atoms with Crippen molar-refractivity contribution in [3.8, 4) is 33.4 Å². The SMILES string of the molecule is FC(F)(F)c1cccc(-c2ccc3ccc4c(-c5ccc(-c6c7ccccc7cc7ccccc67)cc5)ccc5ccc2c3c54)c1. The molecule has 9 aromatic rings. The number of rotatable bonds is 3. The molecule has 9 rings (SSSR count). The Morgan fingerprint density at radius 3 is 1.46 bits per heavy atom. The molecule has 0 radical (unpaired) electrons. The normalized spacial score (nSPS) is 12.2. The van der Waals surface area contributed by atoms with E-state index >= 15 is 0 Å². The molecular weight excluding hydrogens is 573 g/mol. The third-order valence-corrected chi connectivity index (χ3v) is 9.42. The van der Waals surface area contributed by atoms with E-state index in [1.807, 2.05) is 18.2 Å². The van der Waals surface area contributed by atoms with Crippen molar-refractivity contribution in [1.29, 1.82) is 0 Å². The zero-order valence-electron chi connectivity index (χ0n) is 24.6. The van der Waals surface area contributed by atoms with Crippen LogP contribution in [-0.4, -0.2) is 0 Å². The fourth-order valence-electron chi connectivity index (χ4n) is 7.31. The summed E-state index contributed by atoms with van der Waals surface area (Å²) in [7, 11) is 0. The first-order valence-corrected chi connectivity index (χ1v) is 15.3. The number of halogens is 3. The van der Waals surface area contributed by atoms with Gasteiger partial charge in [0.15, 0.2) is 0 Å². The molecule has 0 spiro atoms. The minimum absolute atomic E-state index is 0.560. The quantitative estimate of drug-likeness (QED) is 0.140. The van der Waals surface area contributed by atoms with Gasteiger partial charge in [-0.05, 0) is 105 Å². The predicted octanol–water partition coefficient (Wildman–Crippen LogP) is 12.9. The van der Waals surface area contributed by atoms with Gasteiger partial charge in [-0.15, -0.1) is 0 Å². The largest absolute Gasteiger partial charge is 0.416 e. The lowest BCUT2D eigenvalue weighted by atomic mass is 9.86. The highest BCUT2D eigenvalue weighted by molar-refractivity contribution is 6.27. The molecular formula is C43H25F3. The predicted molar refractivity (Wildman–Crippen MR) is 186 cm³/mol. The van der Waals surface area contributed by atoms with Crippen LogP contribution in [0.4, 0.5) is 13.2 Å². The highest BCUT2D eigenvalue weighted by Crippen LogP contribution is 2.44. The molecule has 0 aromatic heterocycles. The lowest BCUT2D eigenvalue weighted by molar-refractivity contribution is -0.137. The van der Waals surface area contributed by atoms with Crippen LogP contribution in [0, 0.1) is 0 Å². The van der Waals surface area contributed by atoms with Gasteiger partial charge in [-0.25, -0.2) is 0 Å². The number of alkyl halides is 3. The molecule has 0 N–H and O–H groups in total. The smallest absolute Gasteiger partial charge is 0.166 e. The summed E-state index contributed by atoms with van der Waals surface area (Å²) in [6.45, 7) is 0. The van der Waals surface area contributed by atoms with Crippen molar-refractivity contribution in [2.24, 2.45) is 0 Å². The van der Waals surface area contributed by atoms with E-state index in [1.54, 1.807) is 6.07 Å². The first-order valence-electron chi connectivity index (χ1n) is 15.3. The summed E-state index contributed by atoms with van der Waals surface area (Å²) in [5.41, 5.74) is 5.36. The molecule has 0 aliphatic rings. The molecule has 0 aliphatic heterocycles. The minimum atomic E-state index is -4.40. The number of benzene rings is 9. The van der Waals surface area contributed by atoms with Crippen molar-refractivity contribution in [3.63, 3.8) is 0 Å². The van der Waals surface area contributed by atoms with Crippen molar-refractivity contribution >= 4 is 53.9 Å². The van der Waals surface area contributed by atoms with Gasteiger partial charge >= 0.3 is 6.18 Å². The van der Waals surface area contributed by atoms with Gasteiger partial charge in [0.25, 0.3) is 0 Å². The van der Waals surface area contributed by atoms with Gasteiger partial charge in [0.05, 0.1) is 5.56 Å². The Kier molecular flexibility index (Phi) is 5.76. The van der Waals surface area contributed by atoms with Crippen molar-refractivity contribution < 1.29 is 13.2 Å². The Bertz CT molecular complexity index is 2560. The van der Waals surface area contributed by atoms with Crippen LogP contribution >= 0.6 is 0 Å². The summed E-state index contributed by atoms with van der Waals surface area (Å²) in [4.78, 5) is 0. The number of hydrogen-bond acceptors (Lipinski definition) is 0. The number of hydrogen-bond donors (Lipinski definition) is 0. The Morgan fingerprint density at radius 1 is 0.348 bits per heavy atom. The molecule has 46 heavy (non-hydrogen) atoms. The third kappa shape index (κ3) is 4.09. The first kappa shape index (κ1) is 26.7. The van der Waals surface area contributed by atoms with E-state index < -0.39 is 11.7 Å². The van der Waals surface area contributed by atoms with Crippen LogP contribution in [0.25, 0.3) is 87.2 Å². The van der Waals surface area contributed by atoms with Crippen LogP contribution in [0.5, 0.6) is 0 Å². The summed E-state index contributed by atoms with van der Waals surface area (Å²) < 4.78 is 40.8. The molecule has 0 heterocycles. The lowest BCUT2D eigenvalue weighted by Gasteiger charge is -2.17. The number of fused-ring (bicyclic) bond motifs is 2. The van der Waals surface area contributed by atoms with Gasteiger partial charge in [0.2, 0.25) is 0 Å². The van der Waals surface area contributed by atoms with Crippen molar-refractivity contribution in [1.82, 2.24) is 0 Å². The Labute approximate surface area is 263 Å². The van der Waals surface area contributed by atoms with E-state index in [2.05, 4.69) is 109 Å². The topological polar surface area (TPSA) is 0 Å². The Hall–Kier alpha value is -5.67. The van der Waals surface area contributed by atoms with Crippen molar-refractivity contribution in [2.45, 2.75) is 6.18 Å². The molecule has 0 fully saturated rings. The van der Waals surface area contributed by atoms with Gasteiger partial charge in [-0.3, -0.25) is 0 Å². The highest BCUT2D eigenvalue weighted by Gasteiger charge is 2.30. The molecule has 0 nitrogen and oxygen atoms in total. The lowest BCUT2D eigenvalue weighted by Crippen LogP contribution is -2.04. The maximum absolute atomic E-state index is 13.6. The highest BCUT2D eigenvalue weighted by atomic mass is 19.4. The Balaban J connectivity index is 1.22. The van der Waals surface area contributed by atoms with Crippen LogP contribution in [0.1, 0.15) is 5.56 Å². The minimum Gasteiger partial charge on any atom is -0.166 e. The summed E-state index contributed by atoms with van der Waals surface area (Å²) in [5, 5.41) is 11.4. The molecule has 0 saturated carbocycles. The summed E-state index contributed by atoms with van der Waals surface area (Å²) >= 11 is 0. The first-order chi connectivity index (χ1) is 22.4. The average molecular weight is 599 g/mol. The Morgan fingerprint density at radius 2 is 0.870 bits per heavy atom. The van der Waals surface area contributed by atoms with E-state index in [0.29, 0.717) is 5.56 Å².